The van der Waals surface area contributed by atoms with Gasteiger partial charge in [0.25, 0.3) is 0 Å². The summed E-state index contributed by atoms with van der Waals surface area (Å²) in [6.45, 7) is 0. The first-order chi connectivity index (χ1) is 6.27. The van der Waals surface area contributed by atoms with Gasteiger partial charge in [-0.15, -0.1) is 0 Å². The van der Waals surface area contributed by atoms with E-state index in [1.165, 1.54) is 0 Å². The molecule has 0 aliphatic rings. The quantitative estimate of drug-likeness (QED) is 0.489. The first-order valence-electron chi connectivity index (χ1n) is 3.74. The molecular formula is C9H8NNaO2S. The van der Waals surface area contributed by atoms with Gasteiger partial charge in [0, 0.05) is 5.39 Å². The molecule has 14 heavy (non-hydrogen) atoms. The molecular weight excluding hydrogens is 209 g/mol. The van der Waals surface area contributed by atoms with Crippen LogP contribution in [0.3, 0.4) is 0 Å². The minimum Gasteiger partial charge on any atom is -1.00 e. The van der Waals surface area contributed by atoms with E-state index in [0.29, 0.717) is 0 Å². The molecule has 0 amide bonds. The van der Waals surface area contributed by atoms with E-state index in [-0.39, 0.29) is 36.0 Å². The van der Waals surface area contributed by atoms with Crippen molar-refractivity contribution < 1.29 is 39.7 Å². The number of pyridine rings is 1. The number of nitrogens with zero attached hydrogens (tertiary/aromatic N) is 1. The van der Waals surface area contributed by atoms with Crippen molar-refractivity contribution in [1.29, 1.82) is 0 Å². The van der Waals surface area contributed by atoms with Crippen LogP contribution in [0.1, 0.15) is 1.43 Å². The van der Waals surface area contributed by atoms with Crippen LogP contribution in [-0.4, -0.2) is 13.7 Å². The van der Waals surface area contributed by atoms with E-state index in [1.807, 2.05) is 24.3 Å². The van der Waals surface area contributed by atoms with Crippen molar-refractivity contribution in [1.82, 2.24) is 4.98 Å². The van der Waals surface area contributed by atoms with Crippen molar-refractivity contribution in [3.63, 3.8) is 0 Å². The summed E-state index contributed by atoms with van der Waals surface area (Å²) in [5, 5.41) is 1.16. The number of hydrogen-bond acceptors (Lipinski definition) is 2. The average molecular weight is 217 g/mol. The van der Waals surface area contributed by atoms with Crippen LogP contribution in [-0.2, 0) is 11.1 Å². The predicted molar refractivity (Wildman–Crippen MR) is 51.9 cm³/mol. The first-order valence-corrected chi connectivity index (χ1v) is 4.85. The predicted octanol–water partition coefficient (Wildman–Crippen LogP) is -1.07. The summed E-state index contributed by atoms with van der Waals surface area (Å²) in [6, 6.07) is 10.8. The monoisotopic (exact) mass is 217 g/mol. The number of fused-ring (bicyclic) bond motifs is 1. The van der Waals surface area contributed by atoms with Crippen molar-refractivity contribution >= 4 is 22.0 Å². The Morgan fingerprint density at radius 1 is 1.21 bits per heavy atom. The molecule has 68 valence electrons. The molecule has 3 nitrogen and oxygen atoms in total. The number of aromatic nitrogens is 1. The second kappa shape index (κ2) is 5.00. The summed E-state index contributed by atoms with van der Waals surface area (Å²) in [7, 11) is 0. The average Bonchev–Trinajstić information content (AvgIpc) is 2.17. The minimum atomic E-state index is -2.00. The molecule has 0 aliphatic heterocycles. The van der Waals surface area contributed by atoms with Crippen molar-refractivity contribution in [3.05, 3.63) is 36.4 Å². The number of hydrogen-bond donors (Lipinski definition) is 1. The van der Waals surface area contributed by atoms with Crippen LogP contribution in [0.4, 0.5) is 0 Å². The van der Waals surface area contributed by atoms with Gasteiger partial charge in [-0.1, -0.05) is 18.2 Å². The Labute approximate surface area is 108 Å². The van der Waals surface area contributed by atoms with Crippen LogP contribution < -0.4 is 29.6 Å². The summed E-state index contributed by atoms with van der Waals surface area (Å²) in [6.07, 6.45) is 0. The minimum absolute atomic E-state index is 0. The molecule has 0 aliphatic carbocycles. The van der Waals surface area contributed by atoms with Gasteiger partial charge >= 0.3 is 29.6 Å². The van der Waals surface area contributed by atoms with Crippen LogP contribution in [0.25, 0.3) is 10.9 Å². The zero-order chi connectivity index (χ0) is 9.26. The van der Waals surface area contributed by atoms with Gasteiger partial charge < -0.3 is 5.98 Å². The fourth-order valence-electron chi connectivity index (χ4n) is 1.14. The van der Waals surface area contributed by atoms with Gasteiger partial charge in [0.15, 0.2) is 5.03 Å². The molecule has 0 saturated heterocycles. The topological polar surface area (TPSA) is 50.2 Å². The van der Waals surface area contributed by atoms with Gasteiger partial charge in [-0.05, 0) is 18.2 Å². The van der Waals surface area contributed by atoms with Crippen molar-refractivity contribution in [2.45, 2.75) is 5.03 Å². The maximum Gasteiger partial charge on any atom is 1.00 e. The second-order valence-electron chi connectivity index (χ2n) is 2.59. The van der Waals surface area contributed by atoms with E-state index in [4.69, 9.17) is 4.55 Å². The van der Waals surface area contributed by atoms with Gasteiger partial charge in [-0.3, -0.25) is 0 Å². The summed E-state index contributed by atoms with van der Waals surface area (Å²) in [4.78, 5) is 4.02. The molecule has 0 saturated carbocycles. The fraction of sp³-hybridized carbons (Fsp3) is 0. The van der Waals surface area contributed by atoms with Crippen LogP contribution in [0.5, 0.6) is 0 Å². The van der Waals surface area contributed by atoms with Gasteiger partial charge in [0.2, 0.25) is 11.1 Å². The molecule has 0 fully saturated rings. The molecule has 1 unspecified atom stereocenters. The SMILES string of the molecule is O=S(O)c1ccc2ccccc2n1.[H-].[Na+]. The summed E-state index contributed by atoms with van der Waals surface area (Å²) in [5.41, 5.74) is 0.738. The summed E-state index contributed by atoms with van der Waals surface area (Å²) >= 11 is -2.00. The van der Waals surface area contributed by atoms with Crippen LogP contribution in [0, 0.1) is 0 Å². The Morgan fingerprint density at radius 2 is 1.93 bits per heavy atom. The molecule has 2 aromatic rings. The third kappa shape index (κ3) is 2.40. The zero-order valence-corrected chi connectivity index (χ0v) is 10.5. The van der Waals surface area contributed by atoms with Gasteiger partial charge in [-0.2, -0.15) is 0 Å². The van der Waals surface area contributed by atoms with E-state index in [9.17, 15) is 4.21 Å². The van der Waals surface area contributed by atoms with E-state index in [2.05, 4.69) is 4.98 Å². The third-order valence-electron chi connectivity index (χ3n) is 1.75. The normalized spacial score (nSPS) is 12.1. The standard InChI is InChI=1S/C9H7NO2S.Na.H/c11-13(12)9-6-5-7-3-1-2-4-8(7)10-9;;/h1-6H,(H,11,12);;/q;+1;-1. The summed E-state index contributed by atoms with van der Waals surface area (Å²) < 4.78 is 19.5. The van der Waals surface area contributed by atoms with Gasteiger partial charge in [0.05, 0.1) is 5.52 Å². The maximum absolute atomic E-state index is 10.7. The number of para-hydroxylation sites is 1. The Morgan fingerprint density at radius 3 is 2.64 bits per heavy atom. The van der Waals surface area contributed by atoms with E-state index in [0.717, 1.165) is 10.9 Å². The largest absolute Gasteiger partial charge is 1.00 e. The first kappa shape index (κ1) is 11.8. The third-order valence-corrected chi connectivity index (χ3v) is 2.34. The molecule has 0 spiro atoms. The van der Waals surface area contributed by atoms with Crippen LogP contribution in [0.15, 0.2) is 41.4 Å². The fourth-order valence-corrected chi connectivity index (χ4v) is 1.51. The van der Waals surface area contributed by atoms with Crippen molar-refractivity contribution in [3.8, 4) is 0 Å². The van der Waals surface area contributed by atoms with Crippen molar-refractivity contribution in [2.24, 2.45) is 0 Å². The smallest absolute Gasteiger partial charge is 1.00 e. The van der Waals surface area contributed by atoms with E-state index in [1.54, 1.807) is 12.1 Å². The van der Waals surface area contributed by atoms with Crippen LogP contribution >= 0.6 is 0 Å². The van der Waals surface area contributed by atoms with Gasteiger partial charge in [0.1, 0.15) is 0 Å². The van der Waals surface area contributed by atoms with Crippen molar-refractivity contribution in [2.75, 3.05) is 0 Å². The summed E-state index contributed by atoms with van der Waals surface area (Å²) in [5.74, 6) is 0. The Hall–Kier alpha value is -0.260. The molecule has 0 radical (unpaired) electrons. The van der Waals surface area contributed by atoms with E-state index >= 15 is 0 Å². The molecule has 1 N–H and O–H groups in total. The van der Waals surface area contributed by atoms with E-state index < -0.39 is 11.1 Å². The van der Waals surface area contributed by atoms with Gasteiger partial charge in [-0.25, -0.2) is 9.19 Å². The molecule has 0 bridgehead atoms. The maximum atomic E-state index is 10.7. The number of benzene rings is 1. The molecule has 1 heterocycles. The molecule has 5 heteroatoms. The molecule has 1 aromatic carbocycles. The second-order valence-corrected chi connectivity index (χ2v) is 3.51. The zero-order valence-electron chi connectivity index (χ0n) is 8.68. The number of rotatable bonds is 1. The molecule has 1 aromatic heterocycles. The van der Waals surface area contributed by atoms with Crippen LogP contribution in [0.2, 0.25) is 0 Å². The Balaban J connectivity index is 0.000000980. The molecule has 2 rings (SSSR count). The molecule has 1 atom stereocenters. The Bertz CT molecular complexity index is 480. The Kier molecular flexibility index (Phi) is 4.22.